The first kappa shape index (κ1) is 6.89. The maximum absolute atomic E-state index is 11.2. The van der Waals surface area contributed by atoms with Gasteiger partial charge in [-0.2, -0.15) is 0 Å². The fourth-order valence-corrected chi connectivity index (χ4v) is 1.95. The summed E-state index contributed by atoms with van der Waals surface area (Å²) in [5.41, 5.74) is -0.0828. The fourth-order valence-electron chi connectivity index (χ4n) is 1.95. The number of allylic oxidation sites excluding steroid dienone is 1. The lowest BCUT2D eigenvalue weighted by Crippen LogP contribution is -2.74. The van der Waals surface area contributed by atoms with Crippen LogP contribution in [0.25, 0.3) is 0 Å². The summed E-state index contributed by atoms with van der Waals surface area (Å²) in [5, 5.41) is 2.97. The number of carbonyl (C=O) groups excluding carboxylic acids is 1. The van der Waals surface area contributed by atoms with Gasteiger partial charge in [0.1, 0.15) is 0 Å². The van der Waals surface area contributed by atoms with Crippen LogP contribution in [0.2, 0.25) is 0 Å². The molecular weight excluding hydrogens is 138 g/mol. The summed E-state index contributed by atoms with van der Waals surface area (Å²) < 4.78 is 0. The minimum absolute atomic E-state index is 0.0405. The van der Waals surface area contributed by atoms with Crippen LogP contribution in [0.5, 0.6) is 0 Å². The van der Waals surface area contributed by atoms with Gasteiger partial charge in [0, 0.05) is 0 Å². The molecule has 0 bridgehead atoms. The second-order valence-electron chi connectivity index (χ2n) is 4.00. The van der Waals surface area contributed by atoms with Crippen LogP contribution in [0.1, 0.15) is 26.7 Å². The summed E-state index contributed by atoms with van der Waals surface area (Å²) in [5.74, 6) is 0.212. The smallest absolute Gasteiger partial charge is 0.229 e. The standard InChI is InChI=1S/C9H13NO/c1-8-5-3-4-6-9(8,2)10-7(8)11/h3-4H,5-6H2,1-2H3,(H,10,11)/t8-,9-/m0/s1. The SMILES string of the molecule is C[C@@]12CC=CC[C@]1(C)NC2=O. The highest BCUT2D eigenvalue weighted by molar-refractivity contribution is 5.92. The van der Waals surface area contributed by atoms with E-state index in [1.807, 2.05) is 0 Å². The van der Waals surface area contributed by atoms with Gasteiger partial charge in [0.25, 0.3) is 0 Å². The van der Waals surface area contributed by atoms with E-state index in [1.54, 1.807) is 0 Å². The Morgan fingerprint density at radius 3 is 2.45 bits per heavy atom. The van der Waals surface area contributed by atoms with Crippen molar-refractivity contribution in [2.45, 2.75) is 32.2 Å². The monoisotopic (exact) mass is 151 g/mol. The molecule has 0 radical (unpaired) electrons. The zero-order valence-corrected chi connectivity index (χ0v) is 6.98. The predicted molar refractivity (Wildman–Crippen MR) is 43.0 cm³/mol. The van der Waals surface area contributed by atoms with E-state index in [9.17, 15) is 4.79 Å². The molecule has 1 amide bonds. The molecule has 1 saturated heterocycles. The van der Waals surface area contributed by atoms with Crippen molar-refractivity contribution < 1.29 is 4.79 Å². The number of hydrogen-bond donors (Lipinski definition) is 1. The molecule has 0 aromatic rings. The molecule has 0 aromatic carbocycles. The molecule has 60 valence electrons. The number of amides is 1. The highest BCUT2D eigenvalue weighted by Gasteiger charge is 2.59. The minimum atomic E-state index is -0.123. The van der Waals surface area contributed by atoms with Gasteiger partial charge in [0.2, 0.25) is 5.91 Å². The van der Waals surface area contributed by atoms with Crippen molar-refractivity contribution in [1.82, 2.24) is 5.32 Å². The molecule has 0 unspecified atom stereocenters. The molecule has 11 heavy (non-hydrogen) atoms. The number of hydrogen-bond acceptors (Lipinski definition) is 1. The van der Waals surface area contributed by atoms with Crippen molar-refractivity contribution in [3.63, 3.8) is 0 Å². The molecule has 2 rings (SSSR count). The van der Waals surface area contributed by atoms with Gasteiger partial charge in [-0.25, -0.2) is 0 Å². The Morgan fingerprint density at radius 2 is 2.00 bits per heavy atom. The Bertz CT molecular complexity index is 246. The Balaban J connectivity index is 2.37. The van der Waals surface area contributed by atoms with E-state index in [4.69, 9.17) is 0 Å². The highest BCUT2D eigenvalue weighted by Crippen LogP contribution is 2.47. The van der Waals surface area contributed by atoms with Crippen LogP contribution >= 0.6 is 0 Å². The Hall–Kier alpha value is -0.790. The molecular formula is C9H13NO. The summed E-state index contributed by atoms with van der Waals surface area (Å²) in [6, 6.07) is 0. The molecule has 2 atom stereocenters. The lowest BCUT2D eigenvalue weighted by atomic mass is 9.59. The molecule has 1 fully saturated rings. The first-order chi connectivity index (χ1) is 5.08. The van der Waals surface area contributed by atoms with E-state index in [-0.39, 0.29) is 16.9 Å². The van der Waals surface area contributed by atoms with Crippen molar-refractivity contribution in [3.05, 3.63) is 12.2 Å². The van der Waals surface area contributed by atoms with Crippen molar-refractivity contribution in [2.75, 3.05) is 0 Å². The zero-order valence-electron chi connectivity index (χ0n) is 6.98. The molecule has 0 spiro atoms. The quantitative estimate of drug-likeness (QED) is 0.409. The summed E-state index contributed by atoms with van der Waals surface area (Å²) in [7, 11) is 0. The number of carbonyl (C=O) groups is 1. The Labute approximate surface area is 66.7 Å². The van der Waals surface area contributed by atoms with Crippen LogP contribution in [0, 0.1) is 5.41 Å². The number of β-lactam (4-membered cyclic amide) rings is 1. The predicted octanol–water partition coefficient (Wildman–Crippen LogP) is 1.23. The maximum atomic E-state index is 11.2. The average molecular weight is 151 g/mol. The molecule has 0 aromatic heterocycles. The number of rotatable bonds is 0. The van der Waals surface area contributed by atoms with Gasteiger partial charge in [-0.1, -0.05) is 12.2 Å². The first-order valence-electron chi connectivity index (χ1n) is 4.06. The van der Waals surface area contributed by atoms with Crippen LogP contribution in [-0.4, -0.2) is 11.4 Å². The molecule has 2 heteroatoms. The van der Waals surface area contributed by atoms with Gasteiger partial charge >= 0.3 is 0 Å². The molecule has 1 aliphatic carbocycles. The first-order valence-corrected chi connectivity index (χ1v) is 4.06. The van der Waals surface area contributed by atoms with Crippen LogP contribution in [0.3, 0.4) is 0 Å². The van der Waals surface area contributed by atoms with E-state index >= 15 is 0 Å². The van der Waals surface area contributed by atoms with Crippen LogP contribution in [0.4, 0.5) is 0 Å². The topological polar surface area (TPSA) is 29.1 Å². The van der Waals surface area contributed by atoms with Crippen LogP contribution < -0.4 is 5.32 Å². The summed E-state index contributed by atoms with van der Waals surface area (Å²) >= 11 is 0. The normalized spacial score (nSPS) is 47.6. The van der Waals surface area contributed by atoms with E-state index in [0.717, 1.165) is 12.8 Å². The summed E-state index contributed by atoms with van der Waals surface area (Å²) in [6.45, 7) is 4.17. The van der Waals surface area contributed by atoms with Crippen LogP contribution in [-0.2, 0) is 4.79 Å². The van der Waals surface area contributed by atoms with E-state index in [0.29, 0.717) is 0 Å². The summed E-state index contributed by atoms with van der Waals surface area (Å²) in [6.07, 6.45) is 6.15. The van der Waals surface area contributed by atoms with Crippen molar-refractivity contribution in [3.8, 4) is 0 Å². The van der Waals surface area contributed by atoms with Gasteiger partial charge in [0.05, 0.1) is 11.0 Å². The van der Waals surface area contributed by atoms with E-state index < -0.39 is 0 Å². The Kier molecular flexibility index (Phi) is 1.05. The second-order valence-corrected chi connectivity index (χ2v) is 4.00. The Morgan fingerprint density at radius 1 is 1.36 bits per heavy atom. The third-order valence-corrected chi connectivity index (χ3v) is 3.33. The molecule has 2 nitrogen and oxygen atoms in total. The van der Waals surface area contributed by atoms with Crippen molar-refractivity contribution in [1.29, 1.82) is 0 Å². The lowest BCUT2D eigenvalue weighted by Gasteiger charge is -2.56. The van der Waals surface area contributed by atoms with Crippen molar-refractivity contribution in [2.24, 2.45) is 5.41 Å². The van der Waals surface area contributed by atoms with Gasteiger partial charge in [0.15, 0.2) is 0 Å². The maximum Gasteiger partial charge on any atom is 0.229 e. The van der Waals surface area contributed by atoms with Gasteiger partial charge in [-0.15, -0.1) is 0 Å². The highest BCUT2D eigenvalue weighted by atomic mass is 16.2. The molecule has 1 N–H and O–H groups in total. The number of fused-ring (bicyclic) bond motifs is 1. The molecule has 1 aliphatic heterocycles. The summed E-state index contributed by atoms with van der Waals surface area (Å²) in [4.78, 5) is 11.2. The van der Waals surface area contributed by atoms with Crippen molar-refractivity contribution >= 4 is 5.91 Å². The average Bonchev–Trinajstić information content (AvgIpc) is 1.96. The lowest BCUT2D eigenvalue weighted by molar-refractivity contribution is -0.153. The second kappa shape index (κ2) is 1.68. The fraction of sp³-hybridized carbons (Fsp3) is 0.667. The van der Waals surface area contributed by atoms with Gasteiger partial charge < -0.3 is 5.32 Å². The van der Waals surface area contributed by atoms with E-state index in [2.05, 4.69) is 31.3 Å². The van der Waals surface area contributed by atoms with E-state index in [1.165, 1.54) is 0 Å². The number of nitrogens with one attached hydrogen (secondary N) is 1. The molecule has 0 saturated carbocycles. The van der Waals surface area contributed by atoms with Gasteiger partial charge in [-0.3, -0.25) is 4.79 Å². The third-order valence-electron chi connectivity index (χ3n) is 3.33. The van der Waals surface area contributed by atoms with Crippen LogP contribution in [0.15, 0.2) is 12.2 Å². The largest absolute Gasteiger partial charge is 0.349 e. The zero-order chi connectivity index (χ0) is 8.11. The molecule has 2 aliphatic rings. The third kappa shape index (κ3) is 0.602. The van der Waals surface area contributed by atoms with Gasteiger partial charge in [-0.05, 0) is 26.7 Å². The molecule has 1 heterocycles. The minimum Gasteiger partial charge on any atom is -0.349 e.